The Morgan fingerprint density at radius 3 is 3.14 bits per heavy atom. The van der Waals surface area contributed by atoms with E-state index < -0.39 is 13.2 Å². The molecule has 0 spiro atoms. The van der Waals surface area contributed by atoms with Crippen LogP contribution < -0.4 is 15.8 Å². The van der Waals surface area contributed by atoms with Gasteiger partial charge in [0.25, 0.3) is 5.56 Å². The van der Waals surface area contributed by atoms with Crippen LogP contribution >= 0.6 is 7.60 Å². The second kappa shape index (κ2) is 7.09. The van der Waals surface area contributed by atoms with Gasteiger partial charge in [-0.05, 0) is 18.2 Å². The highest BCUT2D eigenvalue weighted by atomic mass is 31.2. The Balaban J connectivity index is 1.37. The summed E-state index contributed by atoms with van der Waals surface area (Å²) in [5.41, 5.74) is 6.77. The topological polar surface area (TPSA) is 158 Å². The SMILES string of the molecule is N#Cc1ccc2c(c1)COP(=O)(COCCn1cnc3c(=O)[nH]c(N)nc31)O2. The van der Waals surface area contributed by atoms with Crippen molar-refractivity contribution in [3.05, 3.63) is 46.0 Å². The molecule has 4 rings (SSSR count). The number of anilines is 1. The van der Waals surface area contributed by atoms with Crippen molar-refractivity contribution in [2.45, 2.75) is 13.2 Å². The van der Waals surface area contributed by atoms with Gasteiger partial charge in [0.15, 0.2) is 17.5 Å². The highest BCUT2D eigenvalue weighted by Crippen LogP contribution is 2.53. The molecule has 0 bridgehead atoms. The number of nitrogen functional groups attached to an aromatic ring is 1. The molecule has 11 nitrogen and oxygen atoms in total. The van der Waals surface area contributed by atoms with E-state index in [0.717, 1.165) is 0 Å². The molecule has 0 saturated heterocycles. The van der Waals surface area contributed by atoms with Crippen molar-refractivity contribution >= 4 is 24.7 Å². The van der Waals surface area contributed by atoms with Gasteiger partial charge in [0.2, 0.25) is 5.95 Å². The van der Waals surface area contributed by atoms with E-state index in [0.29, 0.717) is 29.1 Å². The fourth-order valence-electron chi connectivity index (χ4n) is 2.73. The molecule has 1 aliphatic rings. The fourth-order valence-corrected chi connectivity index (χ4v) is 4.08. The maximum Gasteiger partial charge on any atom is 0.405 e. The molecule has 28 heavy (non-hydrogen) atoms. The van der Waals surface area contributed by atoms with Gasteiger partial charge in [-0.3, -0.25) is 14.3 Å². The van der Waals surface area contributed by atoms with Crippen LogP contribution in [0.3, 0.4) is 0 Å². The third-order valence-corrected chi connectivity index (χ3v) is 5.56. The quantitative estimate of drug-likeness (QED) is 0.474. The van der Waals surface area contributed by atoms with Crippen molar-refractivity contribution in [1.29, 1.82) is 5.26 Å². The molecule has 0 amide bonds. The summed E-state index contributed by atoms with van der Waals surface area (Å²) in [4.78, 5) is 22.2. The number of hydrogen-bond donors (Lipinski definition) is 2. The maximum atomic E-state index is 12.7. The number of benzene rings is 1. The van der Waals surface area contributed by atoms with Crippen LogP contribution in [0.25, 0.3) is 11.2 Å². The Hall–Kier alpha value is -3.19. The molecule has 0 fully saturated rings. The molecule has 3 heterocycles. The molecule has 0 aliphatic carbocycles. The van der Waals surface area contributed by atoms with Gasteiger partial charge in [0, 0.05) is 12.1 Å². The number of fused-ring (bicyclic) bond motifs is 2. The zero-order valence-electron chi connectivity index (χ0n) is 14.5. The highest BCUT2D eigenvalue weighted by Gasteiger charge is 2.32. The van der Waals surface area contributed by atoms with Crippen molar-refractivity contribution < 1.29 is 18.3 Å². The molecule has 2 aromatic heterocycles. The number of H-pyrrole nitrogens is 1. The number of aromatic amines is 1. The molecule has 1 aliphatic heterocycles. The number of nitrogens with zero attached hydrogens (tertiary/aromatic N) is 4. The molecule has 3 N–H and O–H groups in total. The summed E-state index contributed by atoms with van der Waals surface area (Å²) in [5, 5.41) is 8.92. The molecule has 3 aromatic rings. The second-order valence-corrected chi connectivity index (χ2v) is 7.93. The van der Waals surface area contributed by atoms with Gasteiger partial charge < -0.3 is 19.6 Å². The largest absolute Gasteiger partial charge is 0.422 e. The van der Waals surface area contributed by atoms with Crippen LogP contribution in [0.2, 0.25) is 0 Å². The van der Waals surface area contributed by atoms with E-state index >= 15 is 0 Å². The Morgan fingerprint density at radius 2 is 2.32 bits per heavy atom. The van der Waals surface area contributed by atoms with E-state index in [1.807, 2.05) is 6.07 Å². The molecule has 1 aromatic carbocycles. The van der Waals surface area contributed by atoms with Crippen LogP contribution in [0.5, 0.6) is 5.75 Å². The van der Waals surface area contributed by atoms with Crippen LogP contribution in [-0.4, -0.2) is 32.5 Å². The number of imidazole rings is 1. The molecule has 1 atom stereocenters. The predicted octanol–water partition coefficient (Wildman–Crippen LogP) is 1.35. The van der Waals surface area contributed by atoms with Crippen LogP contribution in [0, 0.1) is 11.3 Å². The first kappa shape index (κ1) is 18.2. The van der Waals surface area contributed by atoms with Crippen molar-refractivity contribution in [2.24, 2.45) is 0 Å². The number of nitrogens with two attached hydrogens (primary N) is 1. The minimum absolute atomic E-state index is 0.00756. The average molecular weight is 402 g/mol. The average Bonchev–Trinajstić information content (AvgIpc) is 3.08. The van der Waals surface area contributed by atoms with Gasteiger partial charge in [-0.25, -0.2) is 9.55 Å². The minimum atomic E-state index is -3.46. The molecular formula is C16H15N6O5P. The fraction of sp³-hybridized carbons (Fsp3) is 0.250. The summed E-state index contributed by atoms with van der Waals surface area (Å²) in [6, 6.07) is 6.83. The first-order chi connectivity index (χ1) is 13.5. The standard InChI is InChI=1S/C16H15N6O5P/c17-6-10-1-2-12-11(5-10)7-26-28(24,27-12)9-25-4-3-22-8-19-13-14(22)20-16(18)21-15(13)23/h1-2,5,8H,3-4,7,9H2,(H3,18,20,21,23). The van der Waals surface area contributed by atoms with E-state index in [1.165, 1.54) is 6.33 Å². The van der Waals surface area contributed by atoms with Crippen LogP contribution in [-0.2, 0) is 27.0 Å². The zero-order chi connectivity index (χ0) is 19.7. The van der Waals surface area contributed by atoms with Gasteiger partial charge >= 0.3 is 7.60 Å². The zero-order valence-corrected chi connectivity index (χ0v) is 15.4. The first-order valence-electron chi connectivity index (χ1n) is 8.22. The van der Waals surface area contributed by atoms with Gasteiger partial charge in [-0.15, -0.1) is 0 Å². The lowest BCUT2D eigenvalue weighted by atomic mass is 10.1. The summed E-state index contributed by atoms with van der Waals surface area (Å²) in [5.74, 6) is 0.406. The van der Waals surface area contributed by atoms with E-state index in [4.69, 9.17) is 24.8 Å². The van der Waals surface area contributed by atoms with Gasteiger partial charge in [0.05, 0.1) is 31.2 Å². The predicted molar refractivity (Wildman–Crippen MR) is 97.6 cm³/mol. The smallest absolute Gasteiger partial charge is 0.405 e. The summed E-state index contributed by atoms with van der Waals surface area (Å²) >= 11 is 0. The Morgan fingerprint density at radius 1 is 1.46 bits per heavy atom. The first-order valence-corrected chi connectivity index (χ1v) is 9.95. The van der Waals surface area contributed by atoms with Gasteiger partial charge in [0.1, 0.15) is 5.75 Å². The normalized spacial score (nSPS) is 18.4. The number of rotatable bonds is 5. The maximum absolute atomic E-state index is 12.7. The molecule has 12 heteroatoms. The van der Waals surface area contributed by atoms with Crippen LogP contribution in [0.15, 0.2) is 29.3 Å². The van der Waals surface area contributed by atoms with Crippen molar-refractivity contribution in [1.82, 2.24) is 19.5 Å². The van der Waals surface area contributed by atoms with E-state index in [9.17, 15) is 9.36 Å². The third-order valence-electron chi connectivity index (χ3n) is 4.06. The van der Waals surface area contributed by atoms with Crippen molar-refractivity contribution in [3.8, 4) is 11.8 Å². The van der Waals surface area contributed by atoms with Gasteiger partial charge in [-0.2, -0.15) is 10.2 Å². The number of ether oxygens (including phenoxy) is 1. The Kier molecular flexibility index (Phi) is 4.60. The Labute approximate surface area is 158 Å². The molecule has 0 radical (unpaired) electrons. The molecule has 1 unspecified atom stereocenters. The van der Waals surface area contributed by atoms with Crippen LogP contribution in [0.4, 0.5) is 5.95 Å². The molecule has 144 valence electrons. The summed E-state index contributed by atoms with van der Waals surface area (Å²) in [6.07, 6.45) is 1.21. The summed E-state index contributed by atoms with van der Waals surface area (Å²) in [7, 11) is -3.46. The summed E-state index contributed by atoms with van der Waals surface area (Å²) in [6.45, 7) is 0.551. The van der Waals surface area contributed by atoms with E-state index in [1.54, 1.807) is 22.8 Å². The lowest BCUT2D eigenvalue weighted by Gasteiger charge is -2.25. The number of hydrogen-bond acceptors (Lipinski definition) is 9. The molecule has 0 saturated carbocycles. The molecular weight excluding hydrogens is 387 g/mol. The van der Waals surface area contributed by atoms with Gasteiger partial charge in [-0.1, -0.05) is 0 Å². The second-order valence-electron chi connectivity index (χ2n) is 6.01. The lowest BCUT2D eigenvalue weighted by Crippen LogP contribution is -2.15. The van der Waals surface area contributed by atoms with Crippen molar-refractivity contribution in [3.63, 3.8) is 0 Å². The highest BCUT2D eigenvalue weighted by molar-refractivity contribution is 7.54. The lowest BCUT2D eigenvalue weighted by molar-refractivity contribution is 0.132. The van der Waals surface area contributed by atoms with Crippen LogP contribution in [0.1, 0.15) is 11.1 Å². The Bertz CT molecular complexity index is 1200. The monoisotopic (exact) mass is 402 g/mol. The number of aromatic nitrogens is 4. The van der Waals surface area contributed by atoms with E-state index in [2.05, 4.69) is 15.0 Å². The number of nitrogens with one attached hydrogen (secondary N) is 1. The van der Waals surface area contributed by atoms with Crippen molar-refractivity contribution in [2.75, 3.05) is 18.7 Å². The van der Waals surface area contributed by atoms with E-state index in [-0.39, 0.29) is 31.0 Å². The minimum Gasteiger partial charge on any atom is -0.422 e. The third kappa shape index (κ3) is 3.48. The summed E-state index contributed by atoms with van der Waals surface area (Å²) < 4.78 is 30.6. The number of nitriles is 1.